The number of hydrogen-bond donors (Lipinski definition) is 0. The molecule has 1 heterocycles. The van der Waals surface area contributed by atoms with Gasteiger partial charge in [-0.3, -0.25) is 4.90 Å². The van der Waals surface area contributed by atoms with Crippen LogP contribution in [0.4, 0.5) is 0 Å². The van der Waals surface area contributed by atoms with Crippen molar-refractivity contribution in [2.24, 2.45) is 0 Å². The first-order chi connectivity index (χ1) is 10.8. The van der Waals surface area contributed by atoms with Crippen LogP contribution in [0.3, 0.4) is 0 Å². The van der Waals surface area contributed by atoms with Gasteiger partial charge < -0.3 is 4.90 Å². The molecule has 0 amide bonds. The van der Waals surface area contributed by atoms with E-state index in [1.165, 1.54) is 0 Å². The molecule has 2 unspecified atom stereocenters. The molecule has 0 N–H and O–H groups in total. The predicted molar refractivity (Wildman–Crippen MR) is 94.8 cm³/mol. The summed E-state index contributed by atoms with van der Waals surface area (Å²) < 4.78 is 27.1. The van der Waals surface area contributed by atoms with Crippen LogP contribution in [0.25, 0.3) is 0 Å². The minimum Gasteiger partial charge on any atom is -0.308 e. The van der Waals surface area contributed by atoms with E-state index in [0.717, 1.165) is 18.7 Å². The van der Waals surface area contributed by atoms with Gasteiger partial charge in [0, 0.05) is 38.3 Å². The molecule has 1 aliphatic rings. The Morgan fingerprint density at radius 1 is 1.09 bits per heavy atom. The highest BCUT2D eigenvalue weighted by Crippen LogP contribution is 2.20. The molecule has 2 rings (SSSR count). The average molecular weight is 340 g/mol. The molecule has 0 aromatic heterocycles. The van der Waals surface area contributed by atoms with E-state index in [-0.39, 0.29) is 17.8 Å². The van der Waals surface area contributed by atoms with Crippen molar-refractivity contribution in [1.82, 2.24) is 14.1 Å². The van der Waals surface area contributed by atoms with Crippen molar-refractivity contribution < 1.29 is 8.42 Å². The highest BCUT2D eigenvalue weighted by molar-refractivity contribution is 7.88. The van der Waals surface area contributed by atoms with Crippen LogP contribution in [0.5, 0.6) is 0 Å². The van der Waals surface area contributed by atoms with E-state index >= 15 is 0 Å². The normalized spacial score (nSPS) is 24.2. The lowest BCUT2D eigenvalue weighted by molar-refractivity contribution is 0.0708. The zero-order valence-corrected chi connectivity index (χ0v) is 15.5. The Hall–Kier alpha value is -0.950. The van der Waals surface area contributed by atoms with Crippen molar-refractivity contribution in [2.45, 2.75) is 31.7 Å². The van der Waals surface area contributed by atoms with Crippen molar-refractivity contribution >= 4 is 10.0 Å². The van der Waals surface area contributed by atoms with Crippen LogP contribution in [0.1, 0.15) is 19.4 Å². The van der Waals surface area contributed by atoms with Gasteiger partial charge in [-0.2, -0.15) is 4.31 Å². The van der Waals surface area contributed by atoms with Crippen LogP contribution in [0.2, 0.25) is 0 Å². The lowest BCUT2D eigenvalue weighted by Crippen LogP contribution is -2.59. The van der Waals surface area contributed by atoms with Gasteiger partial charge in [0.1, 0.15) is 0 Å². The predicted octanol–water partition coefficient (Wildman–Crippen LogP) is 1.47. The Kier molecular flexibility index (Phi) is 6.19. The maximum Gasteiger partial charge on any atom is 0.218 e. The summed E-state index contributed by atoms with van der Waals surface area (Å²) in [5.41, 5.74) is 0.850. The number of rotatable bonds is 6. The van der Waals surface area contributed by atoms with E-state index in [9.17, 15) is 8.42 Å². The quantitative estimate of drug-likeness (QED) is 0.787. The summed E-state index contributed by atoms with van der Waals surface area (Å²) in [6, 6.07) is 9.90. The van der Waals surface area contributed by atoms with Crippen molar-refractivity contribution in [3.05, 3.63) is 35.9 Å². The summed E-state index contributed by atoms with van der Waals surface area (Å²) >= 11 is 0. The van der Waals surface area contributed by atoms with E-state index in [0.29, 0.717) is 13.1 Å². The molecule has 0 radical (unpaired) electrons. The summed E-state index contributed by atoms with van der Waals surface area (Å²) in [4.78, 5) is 4.58. The molecule has 1 saturated heterocycles. The minimum absolute atomic E-state index is 0.0883. The van der Waals surface area contributed by atoms with E-state index in [4.69, 9.17) is 0 Å². The van der Waals surface area contributed by atoms with Gasteiger partial charge in [0.2, 0.25) is 10.0 Å². The zero-order chi connectivity index (χ0) is 17.0. The fraction of sp³-hybridized carbons (Fsp3) is 0.647. The largest absolute Gasteiger partial charge is 0.308 e. The maximum atomic E-state index is 12.7. The van der Waals surface area contributed by atoms with Crippen molar-refractivity contribution in [3.63, 3.8) is 0 Å². The second kappa shape index (κ2) is 7.75. The van der Waals surface area contributed by atoms with Crippen LogP contribution >= 0.6 is 0 Å². The lowest BCUT2D eigenvalue weighted by atomic mass is 10.1. The summed E-state index contributed by atoms with van der Waals surface area (Å²) in [6.45, 7) is 7.36. The molecule has 0 aliphatic carbocycles. The molecule has 2 atom stereocenters. The van der Waals surface area contributed by atoms with E-state index in [2.05, 4.69) is 37.7 Å². The molecule has 1 aromatic rings. The van der Waals surface area contributed by atoms with Crippen LogP contribution in [0, 0.1) is 0 Å². The molecule has 1 aliphatic heterocycles. The van der Waals surface area contributed by atoms with Crippen LogP contribution in [-0.4, -0.2) is 74.9 Å². The molecule has 1 fully saturated rings. The fourth-order valence-corrected chi connectivity index (χ4v) is 4.85. The highest BCUT2D eigenvalue weighted by atomic mass is 32.2. The molecular weight excluding hydrogens is 310 g/mol. The third-order valence-corrected chi connectivity index (χ3v) is 6.24. The topological polar surface area (TPSA) is 43.9 Å². The van der Waals surface area contributed by atoms with Crippen LogP contribution in [0.15, 0.2) is 30.3 Å². The van der Waals surface area contributed by atoms with Crippen molar-refractivity contribution in [1.29, 1.82) is 0 Å². The first-order valence-electron chi connectivity index (χ1n) is 8.22. The standard InChI is InChI=1S/C17H29N3O2S/c1-15-12-19(13-16(2)20(15)11-10-18(3)4)23(21,22)14-17-8-6-5-7-9-17/h5-9,15-16H,10-14H2,1-4H3. The highest BCUT2D eigenvalue weighted by Gasteiger charge is 2.34. The van der Waals surface area contributed by atoms with Crippen molar-refractivity contribution in [3.8, 4) is 0 Å². The third kappa shape index (κ3) is 5.01. The molecule has 1 aromatic carbocycles. The van der Waals surface area contributed by atoms with Gasteiger partial charge in [-0.05, 0) is 33.5 Å². The first-order valence-corrected chi connectivity index (χ1v) is 9.82. The SMILES string of the molecule is CC1CN(S(=O)(=O)Cc2ccccc2)CC(C)N1CCN(C)C. The second-order valence-corrected chi connectivity index (χ2v) is 8.77. The summed E-state index contributed by atoms with van der Waals surface area (Å²) in [7, 11) is 0.870. The van der Waals surface area contributed by atoms with E-state index < -0.39 is 10.0 Å². The maximum absolute atomic E-state index is 12.7. The molecule has 5 nitrogen and oxygen atoms in total. The number of hydrogen-bond acceptors (Lipinski definition) is 4. The van der Waals surface area contributed by atoms with Gasteiger partial charge in [0.25, 0.3) is 0 Å². The molecule has 130 valence electrons. The number of nitrogens with zero attached hydrogens (tertiary/aromatic N) is 3. The molecule has 0 saturated carbocycles. The molecule has 23 heavy (non-hydrogen) atoms. The second-order valence-electron chi connectivity index (χ2n) is 6.80. The zero-order valence-electron chi connectivity index (χ0n) is 14.6. The Labute approximate surface area is 140 Å². The Balaban J connectivity index is 2.02. The van der Waals surface area contributed by atoms with Gasteiger partial charge in [-0.15, -0.1) is 0 Å². The monoisotopic (exact) mass is 339 g/mol. The van der Waals surface area contributed by atoms with E-state index in [1.54, 1.807) is 4.31 Å². The van der Waals surface area contributed by atoms with Gasteiger partial charge in [0.05, 0.1) is 5.75 Å². The molecule has 0 bridgehead atoms. The van der Waals surface area contributed by atoms with Gasteiger partial charge in [0.15, 0.2) is 0 Å². The Morgan fingerprint density at radius 3 is 2.17 bits per heavy atom. The minimum atomic E-state index is -3.26. The number of benzene rings is 1. The van der Waals surface area contributed by atoms with Gasteiger partial charge in [-0.25, -0.2) is 8.42 Å². The lowest BCUT2D eigenvalue weighted by Gasteiger charge is -2.44. The van der Waals surface area contributed by atoms with Gasteiger partial charge >= 0.3 is 0 Å². The van der Waals surface area contributed by atoms with Crippen molar-refractivity contribution in [2.75, 3.05) is 40.3 Å². The number of sulfonamides is 1. The Morgan fingerprint density at radius 2 is 1.65 bits per heavy atom. The fourth-order valence-electron chi connectivity index (χ4n) is 3.17. The molecular formula is C17H29N3O2S. The van der Waals surface area contributed by atoms with E-state index in [1.807, 2.05) is 30.3 Å². The number of likely N-dealkylation sites (N-methyl/N-ethyl adjacent to an activating group) is 1. The Bertz CT molecular complexity index is 577. The molecule has 6 heteroatoms. The smallest absolute Gasteiger partial charge is 0.218 e. The summed E-state index contributed by atoms with van der Waals surface area (Å²) in [6.07, 6.45) is 0. The first kappa shape index (κ1) is 18.4. The van der Waals surface area contributed by atoms with Crippen LogP contribution < -0.4 is 0 Å². The summed E-state index contributed by atoms with van der Waals surface area (Å²) in [5.74, 6) is 0.0883. The third-order valence-electron chi connectivity index (χ3n) is 4.46. The average Bonchev–Trinajstić information content (AvgIpc) is 2.46. The van der Waals surface area contributed by atoms with Crippen LogP contribution in [-0.2, 0) is 15.8 Å². The summed E-state index contributed by atoms with van der Waals surface area (Å²) in [5, 5.41) is 0. The molecule has 0 spiro atoms. The van der Waals surface area contributed by atoms with Gasteiger partial charge in [-0.1, -0.05) is 30.3 Å². The number of piperazine rings is 1.